The quantitative estimate of drug-likeness (QED) is 0.922. The van der Waals surface area contributed by atoms with E-state index in [0.717, 1.165) is 12.8 Å². The Morgan fingerprint density at radius 3 is 3.05 bits per heavy atom. The molecule has 1 aliphatic rings. The second-order valence-electron chi connectivity index (χ2n) is 4.58. The molecule has 5 nitrogen and oxygen atoms in total. The van der Waals surface area contributed by atoms with Crippen LogP contribution in [0.15, 0.2) is 12.3 Å². The van der Waals surface area contributed by atoms with Crippen molar-refractivity contribution in [3.05, 3.63) is 23.0 Å². The van der Waals surface area contributed by atoms with Crippen molar-refractivity contribution in [3.8, 4) is 0 Å². The van der Waals surface area contributed by atoms with Gasteiger partial charge in [-0.25, -0.2) is 0 Å². The molecule has 1 N–H and O–H groups in total. The summed E-state index contributed by atoms with van der Waals surface area (Å²) in [5.41, 5.74) is 1.19. The fourth-order valence-electron chi connectivity index (χ4n) is 2.04. The number of pyridine rings is 1. The van der Waals surface area contributed by atoms with Gasteiger partial charge in [0.25, 0.3) is 0 Å². The van der Waals surface area contributed by atoms with E-state index >= 15 is 0 Å². The van der Waals surface area contributed by atoms with E-state index in [1.807, 2.05) is 0 Å². The molecule has 6 heteroatoms. The first-order chi connectivity index (χ1) is 9.08. The van der Waals surface area contributed by atoms with E-state index in [-0.39, 0.29) is 18.4 Å². The van der Waals surface area contributed by atoms with Crippen LogP contribution in [0.4, 0.5) is 5.69 Å². The van der Waals surface area contributed by atoms with Crippen LogP contribution in [0.5, 0.6) is 0 Å². The maximum absolute atomic E-state index is 11.9. The zero-order valence-corrected chi connectivity index (χ0v) is 11.5. The summed E-state index contributed by atoms with van der Waals surface area (Å²) in [4.78, 5) is 29.1. The Bertz CT molecular complexity index is 505. The molecule has 1 aromatic rings. The molecule has 2 heterocycles. The zero-order valence-electron chi connectivity index (χ0n) is 10.8. The van der Waals surface area contributed by atoms with Gasteiger partial charge in [0, 0.05) is 19.2 Å². The zero-order chi connectivity index (χ0) is 13.8. The van der Waals surface area contributed by atoms with Crippen molar-refractivity contribution in [2.75, 3.05) is 18.4 Å². The monoisotopic (exact) mass is 281 g/mol. The minimum atomic E-state index is -0.234. The predicted octanol–water partition coefficient (Wildman–Crippen LogP) is 1.99. The molecule has 0 unspecified atom stereocenters. The van der Waals surface area contributed by atoms with Gasteiger partial charge in [0.1, 0.15) is 0 Å². The van der Waals surface area contributed by atoms with Gasteiger partial charge in [-0.3, -0.25) is 14.6 Å². The molecular weight excluding hydrogens is 266 g/mol. The third-order valence-electron chi connectivity index (χ3n) is 3.09. The molecule has 0 spiro atoms. The number of hydrogen-bond acceptors (Lipinski definition) is 3. The highest BCUT2D eigenvalue weighted by molar-refractivity contribution is 6.34. The number of carbonyl (C=O) groups is 2. The van der Waals surface area contributed by atoms with Gasteiger partial charge in [0.05, 0.1) is 22.9 Å². The molecule has 2 amide bonds. The number of anilines is 1. The summed E-state index contributed by atoms with van der Waals surface area (Å²) in [6.07, 6.45) is 3.98. The topological polar surface area (TPSA) is 62.3 Å². The number of likely N-dealkylation sites (tertiary alicyclic amines) is 1. The van der Waals surface area contributed by atoms with Crippen molar-refractivity contribution in [2.45, 2.75) is 26.2 Å². The summed E-state index contributed by atoms with van der Waals surface area (Å²) >= 11 is 6.05. The van der Waals surface area contributed by atoms with Gasteiger partial charge in [-0.1, -0.05) is 11.6 Å². The highest BCUT2D eigenvalue weighted by atomic mass is 35.5. The molecule has 1 aromatic heterocycles. The molecule has 0 radical (unpaired) electrons. The van der Waals surface area contributed by atoms with Gasteiger partial charge < -0.3 is 10.2 Å². The Kier molecular flexibility index (Phi) is 4.37. The lowest BCUT2D eigenvalue weighted by molar-refractivity contribution is -0.136. The first-order valence-corrected chi connectivity index (χ1v) is 6.64. The molecule has 1 aliphatic heterocycles. The Balaban J connectivity index is 1.97. The number of hydrogen-bond donors (Lipinski definition) is 1. The Morgan fingerprint density at radius 1 is 1.53 bits per heavy atom. The highest BCUT2D eigenvalue weighted by Gasteiger charge is 2.20. The number of halogens is 1. The maximum Gasteiger partial charge on any atom is 0.244 e. The van der Waals surface area contributed by atoms with Crippen molar-refractivity contribution in [1.29, 1.82) is 0 Å². The number of amides is 2. The Hall–Kier alpha value is -1.62. The van der Waals surface area contributed by atoms with Crippen molar-refractivity contribution >= 4 is 29.1 Å². The van der Waals surface area contributed by atoms with Gasteiger partial charge in [0.15, 0.2) is 0 Å². The molecule has 0 aromatic carbocycles. The summed E-state index contributed by atoms with van der Waals surface area (Å²) in [7, 11) is 0. The van der Waals surface area contributed by atoms with E-state index in [4.69, 9.17) is 11.6 Å². The van der Waals surface area contributed by atoms with Crippen LogP contribution in [0, 0.1) is 6.92 Å². The Morgan fingerprint density at radius 2 is 2.32 bits per heavy atom. The van der Waals surface area contributed by atoms with Gasteiger partial charge >= 0.3 is 0 Å². The van der Waals surface area contributed by atoms with Crippen molar-refractivity contribution in [2.24, 2.45) is 0 Å². The molecule has 0 atom stereocenters. The SMILES string of the molecule is Cc1nccc(NC(=O)CN2CCCCC2=O)c1Cl. The molecule has 0 bridgehead atoms. The third kappa shape index (κ3) is 3.44. The van der Waals surface area contributed by atoms with Crippen LogP contribution in [0.3, 0.4) is 0 Å². The third-order valence-corrected chi connectivity index (χ3v) is 3.57. The van der Waals surface area contributed by atoms with Crippen molar-refractivity contribution < 1.29 is 9.59 Å². The van der Waals surface area contributed by atoms with Crippen LogP contribution < -0.4 is 5.32 Å². The summed E-state index contributed by atoms with van der Waals surface area (Å²) in [5, 5.41) is 3.15. The molecule has 0 aliphatic carbocycles. The maximum atomic E-state index is 11.9. The minimum Gasteiger partial charge on any atom is -0.333 e. The smallest absolute Gasteiger partial charge is 0.244 e. The van der Waals surface area contributed by atoms with Gasteiger partial charge in [-0.15, -0.1) is 0 Å². The molecule has 1 fully saturated rings. The summed E-state index contributed by atoms with van der Waals surface area (Å²) < 4.78 is 0. The van der Waals surface area contributed by atoms with Crippen LogP contribution in [0.1, 0.15) is 25.0 Å². The second-order valence-corrected chi connectivity index (χ2v) is 4.96. The summed E-state index contributed by atoms with van der Waals surface area (Å²) in [6.45, 7) is 2.50. The molecular formula is C13H16ClN3O2. The van der Waals surface area contributed by atoms with Crippen LogP contribution in [-0.2, 0) is 9.59 Å². The van der Waals surface area contributed by atoms with E-state index in [9.17, 15) is 9.59 Å². The van der Waals surface area contributed by atoms with Crippen LogP contribution in [0.25, 0.3) is 0 Å². The fraction of sp³-hybridized carbons (Fsp3) is 0.462. The largest absolute Gasteiger partial charge is 0.333 e. The standard InChI is InChI=1S/C13H16ClN3O2/c1-9-13(14)10(5-6-15-9)16-11(18)8-17-7-3-2-4-12(17)19/h5-6H,2-4,7-8H2,1H3,(H,15,16,18). The number of nitrogens with one attached hydrogen (secondary N) is 1. The average molecular weight is 282 g/mol. The van der Waals surface area contributed by atoms with Crippen molar-refractivity contribution in [1.82, 2.24) is 9.88 Å². The summed E-state index contributed by atoms with van der Waals surface area (Å²) in [6, 6.07) is 1.64. The van der Waals surface area contributed by atoms with E-state index < -0.39 is 0 Å². The van der Waals surface area contributed by atoms with Gasteiger partial charge in [-0.2, -0.15) is 0 Å². The highest BCUT2D eigenvalue weighted by Crippen LogP contribution is 2.23. The van der Waals surface area contributed by atoms with Crippen LogP contribution >= 0.6 is 11.6 Å². The van der Waals surface area contributed by atoms with E-state index in [2.05, 4.69) is 10.3 Å². The number of piperidine rings is 1. The lowest BCUT2D eigenvalue weighted by Gasteiger charge is -2.26. The minimum absolute atomic E-state index is 0.0402. The van der Waals surface area contributed by atoms with Crippen LogP contribution in [0.2, 0.25) is 5.02 Å². The number of carbonyl (C=O) groups excluding carboxylic acids is 2. The van der Waals surface area contributed by atoms with Crippen LogP contribution in [-0.4, -0.2) is 34.8 Å². The number of rotatable bonds is 3. The lowest BCUT2D eigenvalue weighted by Crippen LogP contribution is -2.40. The second kappa shape index (κ2) is 6.02. The number of aryl methyl sites for hydroxylation is 1. The number of nitrogens with zero attached hydrogens (tertiary/aromatic N) is 2. The first-order valence-electron chi connectivity index (χ1n) is 6.26. The number of aromatic nitrogens is 1. The lowest BCUT2D eigenvalue weighted by atomic mass is 10.1. The van der Waals surface area contributed by atoms with Crippen molar-refractivity contribution in [3.63, 3.8) is 0 Å². The molecule has 0 saturated carbocycles. The Labute approximate surface area is 117 Å². The van der Waals surface area contributed by atoms with Gasteiger partial charge in [0.2, 0.25) is 11.8 Å². The molecule has 102 valence electrons. The molecule has 19 heavy (non-hydrogen) atoms. The summed E-state index contributed by atoms with van der Waals surface area (Å²) in [5.74, 6) is -0.193. The molecule has 1 saturated heterocycles. The first kappa shape index (κ1) is 13.8. The fourth-order valence-corrected chi connectivity index (χ4v) is 2.20. The normalized spacial score (nSPS) is 15.5. The van der Waals surface area contributed by atoms with E-state index in [1.54, 1.807) is 24.1 Å². The average Bonchev–Trinajstić information content (AvgIpc) is 2.38. The van der Waals surface area contributed by atoms with E-state index in [0.29, 0.717) is 29.4 Å². The molecule has 2 rings (SSSR count). The van der Waals surface area contributed by atoms with E-state index in [1.165, 1.54) is 0 Å². The van der Waals surface area contributed by atoms with Gasteiger partial charge in [-0.05, 0) is 25.8 Å². The predicted molar refractivity (Wildman–Crippen MR) is 73.0 cm³/mol.